The highest BCUT2D eigenvalue weighted by Crippen LogP contribution is 2.29. The van der Waals surface area contributed by atoms with E-state index in [1.54, 1.807) is 23.7 Å². The molecule has 3 rings (SSSR count). The molecule has 0 aliphatic heterocycles. The van der Waals surface area contributed by atoms with Gasteiger partial charge in [0.05, 0.1) is 24.4 Å². The molecule has 0 aliphatic carbocycles. The van der Waals surface area contributed by atoms with E-state index in [9.17, 15) is 9.59 Å². The summed E-state index contributed by atoms with van der Waals surface area (Å²) >= 11 is 1.38. The van der Waals surface area contributed by atoms with E-state index in [2.05, 4.69) is 15.7 Å². The SMILES string of the molecule is CCOC(=O)c1cc(CC)sc1NC(=O)CNc1ccn(-c2ccccc2)n1. The molecule has 2 heterocycles. The summed E-state index contributed by atoms with van der Waals surface area (Å²) in [6.45, 7) is 4.07. The first-order valence-electron chi connectivity index (χ1n) is 9.05. The molecule has 0 unspecified atom stereocenters. The zero-order valence-electron chi connectivity index (χ0n) is 15.8. The molecule has 0 saturated carbocycles. The maximum absolute atomic E-state index is 12.3. The summed E-state index contributed by atoms with van der Waals surface area (Å²) in [7, 11) is 0. The van der Waals surface area contributed by atoms with Gasteiger partial charge in [-0.2, -0.15) is 5.10 Å². The van der Waals surface area contributed by atoms with Gasteiger partial charge in [-0.1, -0.05) is 25.1 Å². The molecular formula is C20H22N4O3S. The van der Waals surface area contributed by atoms with Crippen molar-refractivity contribution in [3.8, 4) is 5.69 Å². The summed E-state index contributed by atoms with van der Waals surface area (Å²) < 4.78 is 6.80. The average molecular weight is 398 g/mol. The molecular weight excluding hydrogens is 376 g/mol. The highest BCUT2D eigenvalue weighted by Gasteiger charge is 2.18. The van der Waals surface area contributed by atoms with Crippen LogP contribution in [0.5, 0.6) is 0 Å². The highest BCUT2D eigenvalue weighted by molar-refractivity contribution is 7.16. The van der Waals surface area contributed by atoms with Gasteiger partial charge < -0.3 is 15.4 Å². The molecule has 2 aromatic heterocycles. The first kappa shape index (κ1) is 19.6. The topological polar surface area (TPSA) is 85.2 Å². The Labute approximate surface area is 167 Å². The maximum Gasteiger partial charge on any atom is 0.341 e. The van der Waals surface area contributed by atoms with Gasteiger partial charge in [0.2, 0.25) is 5.91 Å². The number of nitrogens with zero attached hydrogens (tertiary/aromatic N) is 2. The average Bonchev–Trinajstić information content (AvgIpc) is 3.34. The van der Waals surface area contributed by atoms with Crippen molar-refractivity contribution in [2.75, 3.05) is 23.8 Å². The quantitative estimate of drug-likeness (QED) is 0.565. The largest absolute Gasteiger partial charge is 0.462 e. The van der Waals surface area contributed by atoms with Crippen LogP contribution in [0.4, 0.5) is 10.8 Å². The fraction of sp³-hybridized carbons (Fsp3) is 0.250. The fourth-order valence-corrected chi connectivity index (χ4v) is 3.55. The standard InChI is InChI=1S/C20H22N4O3S/c1-3-15-12-16(20(26)27-4-2)19(28-15)22-18(25)13-21-17-10-11-24(23-17)14-8-6-5-7-9-14/h5-12H,3-4,13H2,1-2H3,(H,21,23)(H,22,25). The summed E-state index contributed by atoms with van der Waals surface area (Å²) in [5.74, 6) is -0.0994. The Morgan fingerprint density at radius 3 is 2.68 bits per heavy atom. The molecule has 7 nitrogen and oxygen atoms in total. The molecule has 3 aromatic rings. The van der Waals surface area contributed by atoms with Crippen molar-refractivity contribution in [2.24, 2.45) is 0 Å². The van der Waals surface area contributed by atoms with Crippen LogP contribution in [0.25, 0.3) is 5.69 Å². The van der Waals surface area contributed by atoms with Gasteiger partial charge in [-0.15, -0.1) is 11.3 Å². The predicted molar refractivity (Wildman–Crippen MR) is 110 cm³/mol. The van der Waals surface area contributed by atoms with E-state index in [1.807, 2.05) is 43.5 Å². The van der Waals surface area contributed by atoms with Gasteiger partial charge in [-0.25, -0.2) is 9.48 Å². The lowest BCUT2D eigenvalue weighted by Crippen LogP contribution is -2.22. The zero-order valence-corrected chi connectivity index (χ0v) is 16.6. The van der Waals surface area contributed by atoms with Gasteiger partial charge in [0.25, 0.3) is 0 Å². The molecule has 0 bridgehead atoms. The summed E-state index contributed by atoms with van der Waals surface area (Å²) in [4.78, 5) is 25.4. The Morgan fingerprint density at radius 2 is 1.96 bits per heavy atom. The number of ether oxygens (including phenoxy) is 1. The number of anilines is 2. The summed E-state index contributed by atoms with van der Waals surface area (Å²) in [6, 6.07) is 13.3. The van der Waals surface area contributed by atoms with Crippen LogP contribution in [0, 0.1) is 0 Å². The summed E-state index contributed by atoms with van der Waals surface area (Å²) in [5, 5.41) is 10.7. The summed E-state index contributed by atoms with van der Waals surface area (Å²) in [6.07, 6.45) is 2.60. The smallest absolute Gasteiger partial charge is 0.341 e. The van der Waals surface area contributed by atoms with E-state index in [0.717, 1.165) is 17.0 Å². The number of hydrogen-bond acceptors (Lipinski definition) is 6. The lowest BCUT2D eigenvalue weighted by molar-refractivity contribution is -0.114. The second-order valence-corrected chi connectivity index (χ2v) is 7.05. The molecule has 2 N–H and O–H groups in total. The number of carbonyl (C=O) groups is 2. The van der Waals surface area contributed by atoms with Crippen LogP contribution in [0.15, 0.2) is 48.7 Å². The van der Waals surface area contributed by atoms with Crippen LogP contribution in [-0.2, 0) is 16.0 Å². The number of benzene rings is 1. The maximum atomic E-state index is 12.3. The van der Waals surface area contributed by atoms with Crippen molar-refractivity contribution in [3.63, 3.8) is 0 Å². The van der Waals surface area contributed by atoms with Gasteiger partial charge in [0.1, 0.15) is 10.8 Å². The molecule has 0 spiro atoms. The number of rotatable bonds is 8. The van der Waals surface area contributed by atoms with Crippen molar-refractivity contribution >= 4 is 34.0 Å². The first-order valence-corrected chi connectivity index (χ1v) is 9.87. The molecule has 1 aromatic carbocycles. The second kappa shape index (κ2) is 9.18. The van der Waals surface area contributed by atoms with Crippen LogP contribution in [0.2, 0.25) is 0 Å². The number of thiophene rings is 1. The molecule has 0 saturated heterocycles. The zero-order chi connectivity index (χ0) is 19.9. The predicted octanol–water partition coefficient (Wildman–Crippen LogP) is 3.72. The number of aryl methyl sites for hydroxylation is 1. The lowest BCUT2D eigenvalue weighted by atomic mass is 10.2. The third-order valence-electron chi connectivity index (χ3n) is 3.92. The van der Waals surface area contributed by atoms with Gasteiger partial charge in [0.15, 0.2) is 0 Å². The van der Waals surface area contributed by atoms with Gasteiger partial charge in [-0.05, 0) is 31.5 Å². The van der Waals surface area contributed by atoms with E-state index in [0.29, 0.717) is 16.4 Å². The Morgan fingerprint density at radius 1 is 1.18 bits per heavy atom. The lowest BCUT2D eigenvalue weighted by Gasteiger charge is -2.07. The van der Waals surface area contributed by atoms with Crippen molar-refractivity contribution < 1.29 is 14.3 Å². The number of carbonyl (C=O) groups excluding carboxylic acids is 2. The Bertz CT molecular complexity index is 950. The molecule has 0 fully saturated rings. The third-order valence-corrected chi connectivity index (χ3v) is 5.11. The Kier molecular flexibility index (Phi) is 6.44. The van der Waals surface area contributed by atoms with E-state index >= 15 is 0 Å². The van der Waals surface area contributed by atoms with E-state index < -0.39 is 5.97 Å². The number of para-hydroxylation sites is 1. The number of aromatic nitrogens is 2. The fourth-order valence-electron chi connectivity index (χ4n) is 2.55. The molecule has 0 atom stereocenters. The van der Waals surface area contributed by atoms with Crippen molar-refractivity contribution in [3.05, 3.63) is 59.1 Å². The molecule has 0 radical (unpaired) electrons. The van der Waals surface area contributed by atoms with E-state index in [4.69, 9.17) is 4.74 Å². The van der Waals surface area contributed by atoms with Crippen LogP contribution < -0.4 is 10.6 Å². The van der Waals surface area contributed by atoms with Crippen LogP contribution in [0.1, 0.15) is 29.1 Å². The molecule has 28 heavy (non-hydrogen) atoms. The second-order valence-electron chi connectivity index (χ2n) is 5.91. The van der Waals surface area contributed by atoms with Crippen LogP contribution in [-0.4, -0.2) is 34.8 Å². The van der Waals surface area contributed by atoms with Gasteiger partial charge in [-0.3, -0.25) is 4.79 Å². The molecule has 0 aliphatic rings. The van der Waals surface area contributed by atoms with Crippen LogP contribution in [0.3, 0.4) is 0 Å². The monoisotopic (exact) mass is 398 g/mol. The number of esters is 1. The first-order chi connectivity index (χ1) is 13.6. The van der Waals surface area contributed by atoms with Crippen molar-refractivity contribution in [1.82, 2.24) is 9.78 Å². The van der Waals surface area contributed by atoms with Crippen LogP contribution >= 0.6 is 11.3 Å². The highest BCUT2D eigenvalue weighted by atomic mass is 32.1. The Balaban J connectivity index is 1.61. The van der Waals surface area contributed by atoms with Crippen molar-refractivity contribution in [2.45, 2.75) is 20.3 Å². The van der Waals surface area contributed by atoms with E-state index in [1.165, 1.54) is 11.3 Å². The van der Waals surface area contributed by atoms with Crippen molar-refractivity contribution in [1.29, 1.82) is 0 Å². The minimum absolute atomic E-state index is 0.0351. The normalized spacial score (nSPS) is 10.5. The minimum Gasteiger partial charge on any atom is -0.462 e. The molecule has 146 valence electrons. The summed E-state index contributed by atoms with van der Waals surface area (Å²) in [5.41, 5.74) is 1.33. The van der Waals surface area contributed by atoms with Gasteiger partial charge in [0, 0.05) is 17.1 Å². The number of hydrogen-bond donors (Lipinski definition) is 2. The third kappa shape index (κ3) is 4.77. The number of nitrogens with one attached hydrogen (secondary N) is 2. The molecule has 8 heteroatoms. The van der Waals surface area contributed by atoms with Gasteiger partial charge >= 0.3 is 5.97 Å². The van der Waals surface area contributed by atoms with E-state index in [-0.39, 0.29) is 19.1 Å². The minimum atomic E-state index is -0.427. The Hall–Kier alpha value is -3.13. The number of amides is 1. The molecule has 1 amide bonds.